The van der Waals surface area contributed by atoms with Gasteiger partial charge in [-0.25, -0.2) is 0 Å². The minimum absolute atomic E-state index is 0.119. The van der Waals surface area contributed by atoms with Crippen LogP contribution in [0.3, 0.4) is 0 Å². The molecule has 0 aliphatic carbocycles. The zero-order valence-corrected chi connectivity index (χ0v) is 12.6. The summed E-state index contributed by atoms with van der Waals surface area (Å²) in [6.45, 7) is 5.20. The Morgan fingerprint density at radius 1 is 1.10 bits per heavy atom. The molecule has 7 heteroatoms. The first-order valence-corrected chi connectivity index (χ1v) is 7.70. The molecule has 1 saturated heterocycles. The number of aromatic nitrogens is 2. The lowest BCUT2D eigenvalue weighted by molar-refractivity contribution is -0.114. The number of carbonyl (C=O) groups excluding carboxylic acids is 1. The Morgan fingerprint density at radius 2 is 1.76 bits per heavy atom. The second-order valence-electron chi connectivity index (χ2n) is 4.88. The highest BCUT2D eigenvalue weighted by Crippen LogP contribution is 2.26. The molecule has 2 aromatic rings. The molecule has 3 rings (SSSR count). The molecule has 1 fully saturated rings. The molecule has 1 aromatic heterocycles. The predicted octanol–water partition coefficient (Wildman–Crippen LogP) is 1.82. The van der Waals surface area contributed by atoms with E-state index in [9.17, 15) is 4.79 Å². The van der Waals surface area contributed by atoms with Crippen LogP contribution in [0.25, 0.3) is 0 Å². The molecular formula is C14H17N5OS. The topological polar surface area (TPSA) is 61.4 Å². The molecule has 1 aliphatic heterocycles. The molecule has 6 nitrogen and oxygen atoms in total. The molecule has 2 heterocycles. The Kier molecular flexibility index (Phi) is 4.01. The Balaban J connectivity index is 1.60. The first kappa shape index (κ1) is 13.8. The van der Waals surface area contributed by atoms with Crippen LogP contribution in [0.4, 0.5) is 16.0 Å². The van der Waals surface area contributed by atoms with Crippen LogP contribution in [0.2, 0.25) is 0 Å². The lowest BCUT2D eigenvalue weighted by Crippen LogP contribution is -2.46. The standard InChI is InChI=1S/C14H17N5OS/c1-11(20)15-13-16-17-14(21-13)19-9-7-18(8-10-19)12-5-3-2-4-6-12/h2-6H,7-10H2,1H3,(H,15,16,20). The zero-order valence-electron chi connectivity index (χ0n) is 11.8. The quantitative estimate of drug-likeness (QED) is 0.937. The summed E-state index contributed by atoms with van der Waals surface area (Å²) in [6.07, 6.45) is 0. The molecule has 1 N–H and O–H groups in total. The van der Waals surface area contributed by atoms with Crippen LogP contribution in [-0.4, -0.2) is 42.3 Å². The third kappa shape index (κ3) is 3.30. The summed E-state index contributed by atoms with van der Waals surface area (Å²) in [5.74, 6) is -0.119. The number of hydrogen-bond donors (Lipinski definition) is 1. The maximum Gasteiger partial charge on any atom is 0.223 e. The van der Waals surface area contributed by atoms with E-state index in [0.29, 0.717) is 5.13 Å². The van der Waals surface area contributed by atoms with Crippen molar-refractivity contribution in [2.45, 2.75) is 6.92 Å². The second-order valence-corrected chi connectivity index (χ2v) is 5.84. The molecule has 110 valence electrons. The fourth-order valence-electron chi connectivity index (χ4n) is 2.34. The van der Waals surface area contributed by atoms with Gasteiger partial charge < -0.3 is 15.1 Å². The van der Waals surface area contributed by atoms with Crippen molar-refractivity contribution < 1.29 is 4.79 Å². The van der Waals surface area contributed by atoms with E-state index in [2.05, 4.69) is 49.6 Å². The van der Waals surface area contributed by atoms with E-state index in [0.717, 1.165) is 31.3 Å². The zero-order chi connectivity index (χ0) is 14.7. The smallest absolute Gasteiger partial charge is 0.223 e. The van der Waals surface area contributed by atoms with Gasteiger partial charge in [-0.3, -0.25) is 4.79 Å². The highest BCUT2D eigenvalue weighted by molar-refractivity contribution is 7.19. The van der Waals surface area contributed by atoms with E-state index >= 15 is 0 Å². The van der Waals surface area contributed by atoms with Gasteiger partial charge in [0.15, 0.2) is 0 Å². The molecule has 0 radical (unpaired) electrons. The summed E-state index contributed by atoms with van der Waals surface area (Å²) in [4.78, 5) is 15.6. The van der Waals surface area contributed by atoms with Crippen LogP contribution in [0.15, 0.2) is 30.3 Å². The number of nitrogens with one attached hydrogen (secondary N) is 1. The molecule has 21 heavy (non-hydrogen) atoms. The van der Waals surface area contributed by atoms with Crippen LogP contribution in [0, 0.1) is 0 Å². The van der Waals surface area contributed by atoms with Gasteiger partial charge in [-0.15, -0.1) is 10.2 Å². The Labute approximate surface area is 127 Å². The van der Waals surface area contributed by atoms with Crippen molar-refractivity contribution in [3.63, 3.8) is 0 Å². The SMILES string of the molecule is CC(=O)Nc1nnc(N2CCN(c3ccccc3)CC2)s1. The molecular weight excluding hydrogens is 286 g/mol. The largest absolute Gasteiger partial charge is 0.368 e. The van der Waals surface area contributed by atoms with Gasteiger partial charge >= 0.3 is 0 Å². The van der Waals surface area contributed by atoms with Crippen molar-refractivity contribution in [3.8, 4) is 0 Å². The van der Waals surface area contributed by atoms with E-state index in [1.165, 1.54) is 23.9 Å². The Hall–Kier alpha value is -2.15. The van der Waals surface area contributed by atoms with E-state index in [-0.39, 0.29) is 5.91 Å². The van der Waals surface area contributed by atoms with Crippen molar-refractivity contribution >= 4 is 33.2 Å². The molecule has 1 aliphatic rings. The lowest BCUT2D eigenvalue weighted by atomic mass is 10.2. The molecule has 0 saturated carbocycles. The molecule has 0 atom stereocenters. The van der Waals surface area contributed by atoms with Crippen molar-refractivity contribution in [2.24, 2.45) is 0 Å². The van der Waals surface area contributed by atoms with Gasteiger partial charge in [0, 0.05) is 38.8 Å². The maximum atomic E-state index is 11.0. The third-order valence-electron chi connectivity index (χ3n) is 3.37. The fourth-order valence-corrected chi connectivity index (χ4v) is 3.18. The van der Waals surface area contributed by atoms with Gasteiger partial charge in [-0.2, -0.15) is 0 Å². The van der Waals surface area contributed by atoms with Gasteiger partial charge in [0.05, 0.1) is 0 Å². The maximum absolute atomic E-state index is 11.0. The average molecular weight is 303 g/mol. The number of rotatable bonds is 3. The monoisotopic (exact) mass is 303 g/mol. The number of hydrogen-bond acceptors (Lipinski definition) is 6. The molecule has 1 amide bonds. The van der Waals surface area contributed by atoms with E-state index in [4.69, 9.17) is 0 Å². The summed E-state index contributed by atoms with van der Waals surface area (Å²) >= 11 is 1.42. The van der Waals surface area contributed by atoms with Crippen molar-refractivity contribution in [1.29, 1.82) is 0 Å². The van der Waals surface area contributed by atoms with E-state index < -0.39 is 0 Å². The first-order chi connectivity index (χ1) is 10.2. The van der Waals surface area contributed by atoms with E-state index in [1.54, 1.807) is 0 Å². The van der Waals surface area contributed by atoms with Gasteiger partial charge in [-0.05, 0) is 12.1 Å². The van der Waals surface area contributed by atoms with Crippen LogP contribution < -0.4 is 15.1 Å². The third-order valence-corrected chi connectivity index (χ3v) is 4.27. The van der Waals surface area contributed by atoms with Gasteiger partial charge in [0.2, 0.25) is 16.2 Å². The molecule has 1 aromatic carbocycles. The molecule has 0 unspecified atom stereocenters. The van der Waals surface area contributed by atoms with Crippen LogP contribution in [-0.2, 0) is 4.79 Å². The number of anilines is 3. The molecule has 0 bridgehead atoms. The summed E-state index contributed by atoms with van der Waals surface area (Å²) in [7, 11) is 0. The summed E-state index contributed by atoms with van der Waals surface area (Å²) < 4.78 is 0. The number of carbonyl (C=O) groups is 1. The summed E-state index contributed by atoms with van der Waals surface area (Å²) in [5.41, 5.74) is 1.26. The average Bonchev–Trinajstić information content (AvgIpc) is 2.96. The van der Waals surface area contributed by atoms with Gasteiger partial charge in [0.25, 0.3) is 0 Å². The predicted molar refractivity (Wildman–Crippen MR) is 85.1 cm³/mol. The number of nitrogens with zero attached hydrogens (tertiary/aromatic N) is 4. The normalized spacial score (nSPS) is 15.1. The number of amides is 1. The summed E-state index contributed by atoms with van der Waals surface area (Å²) in [6, 6.07) is 10.4. The second kappa shape index (κ2) is 6.09. The number of piperazine rings is 1. The minimum Gasteiger partial charge on any atom is -0.368 e. The van der Waals surface area contributed by atoms with Gasteiger partial charge in [0.1, 0.15) is 0 Å². The number of para-hydroxylation sites is 1. The van der Waals surface area contributed by atoms with Crippen LogP contribution >= 0.6 is 11.3 Å². The Morgan fingerprint density at radius 3 is 2.43 bits per heavy atom. The fraction of sp³-hybridized carbons (Fsp3) is 0.357. The van der Waals surface area contributed by atoms with E-state index in [1.807, 2.05) is 6.07 Å². The molecule has 0 spiro atoms. The highest BCUT2D eigenvalue weighted by Gasteiger charge is 2.20. The van der Waals surface area contributed by atoms with Crippen LogP contribution in [0.5, 0.6) is 0 Å². The lowest BCUT2D eigenvalue weighted by Gasteiger charge is -2.35. The van der Waals surface area contributed by atoms with Crippen molar-refractivity contribution in [2.75, 3.05) is 41.3 Å². The highest BCUT2D eigenvalue weighted by atomic mass is 32.1. The number of benzene rings is 1. The first-order valence-electron chi connectivity index (χ1n) is 6.88. The van der Waals surface area contributed by atoms with Crippen molar-refractivity contribution in [3.05, 3.63) is 30.3 Å². The summed E-state index contributed by atoms with van der Waals surface area (Å²) in [5, 5.41) is 12.2. The van der Waals surface area contributed by atoms with Crippen molar-refractivity contribution in [1.82, 2.24) is 10.2 Å². The minimum atomic E-state index is -0.119. The van der Waals surface area contributed by atoms with Crippen LogP contribution in [0.1, 0.15) is 6.92 Å². The van der Waals surface area contributed by atoms with Gasteiger partial charge in [-0.1, -0.05) is 29.5 Å². The Bertz CT molecular complexity index is 607.